The summed E-state index contributed by atoms with van der Waals surface area (Å²) in [6.45, 7) is 3.43. The largest absolute Gasteiger partial charge is 0.337 e. The highest BCUT2D eigenvalue weighted by Crippen LogP contribution is 2.20. The molecule has 1 saturated heterocycles. The monoisotopic (exact) mass is 321 g/mol. The average molecular weight is 322 g/mol. The normalized spacial score (nSPS) is 18.8. The minimum absolute atomic E-state index is 0. The van der Waals surface area contributed by atoms with Gasteiger partial charge in [0.2, 0.25) is 0 Å². The Morgan fingerprint density at radius 3 is 2.73 bits per heavy atom. The Kier molecular flexibility index (Phi) is 5.15. The van der Waals surface area contributed by atoms with Crippen molar-refractivity contribution in [3.05, 3.63) is 42.2 Å². The lowest BCUT2D eigenvalue weighted by Crippen LogP contribution is -2.33. The summed E-state index contributed by atoms with van der Waals surface area (Å²) in [6.07, 6.45) is 2.48. The maximum Gasteiger partial charge on any atom is 0.276 e. The summed E-state index contributed by atoms with van der Waals surface area (Å²) in [5.74, 6) is 0.304. The van der Waals surface area contributed by atoms with Crippen LogP contribution in [0.25, 0.3) is 5.69 Å². The number of nitrogens with two attached hydrogens (primary N) is 1. The van der Waals surface area contributed by atoms with Crippen LogP contribution in [0, 0.1) is 5.92 Å². The van der Waals surface area contributed by atoms with Crippen molar-refractivity contribution >= 4 is 18.3 Å². The minimum atomic E-state index is -0.0691. The van der Waals surface area contributed by atoms with Crippen molar-refractivity contribution in [1.82, 2.24) is 19.9 Å². The van der Waals surface area contributed by atoms with Crippen LogP contribution in [0.2, 0.25) is 0 Å². The molecule has 7 heteroatoms. The molecule has 0 saturated carbocycles. The molecule has 1 aliphatic heterocycles. The quantitative estimate of drug-likeness (QED) is 0.929. The molecule has 0 spiro atoms. The van der Waals surface area contributed by atoms with Crippen molar-refractivity contribution in [2.24, 2.45) is 11.7 Å². The van der Waals surface area contributed by atoms with Crippen LogP contribution in [0.5, 0.6) is 0 Å². The number of halogens is 1. The van der Waals surface area contributed by atoms with Crippen molar-refractivity contribution in [1.29, 1.82) is 0 Å². The summed E-state index contributed by atoms with van der Waals surface area (Å²) in [6, 6.07) is 9.66. The molecule has 2 heterocycles. The number of hydrogen-bond acceptors (Lipinski definition) is 4. The van der Waals surface area contributed by atoms with Gasteiger partial charge in [0.05, 0.1) is 11.9 Å². The van der Waals surface area contributed by atoms with E-state index in [0.717, 1.165) is 18.7 Å². The van der Waals surface area contributed by atoms with Crippen LogP contribution >= 0.6 is 12.4 Å². The molecule has 6 nitrogen and oxygen atoms in total. The second-order valence-corrected chi connectivity index (χ2v) is 5.51. The number of nitrogens with zero attached hydrogens (tertiary/aromatic N) is 4. The first-order chi connectivity index (χ1) is 10.1. The number of amides is 1. The van der Waals surface area contributed by atoms with Crippen LogP contribution < -0.4 is 5.73 Å². The Bertz CT molecular complexity index is 628. The van der Waals surface area contributed by atoms with E-state index in [9.17, 15) is 4.79 Å². The summed E-state index contributed by atoms with van der Waals surface area (Å²) >= 11 is 0. The van der Waals surface area contributed by atoms with Crippen molar-refractivity contribution in [3.63, 3.8) is 0 Å². The van der Waals surface area contributed by atoms with Gasteiger partial charge in [-0.05, 0) is 31.4 Å². The van der Waals surface area contributed by atoms with Crippen molar-refractivity contribution in [2.45, 2.75) is 19.4 Å². The Labute approximate surface area is 135 Å². The molecular formula is C15H20ClN5O. The predicted molar refractivity (Wildman–Crippen MR) is 86.3 cm³/mol. The summed E-state index contributed by atoms with van der Waals surface area (Å²) < 4.78 is 0. The standard InChI is InChI=1S/C15H19N5O.ClH/c1-11(16)12-7-8-19(10-12)15(21)14-9-17-20(18-14)13-5-3-2-4-6-13;/h2-6,9,11-12H,7-8,10,16H2,1H3;1H. The van der Waals surface area contributed by atoms with Gasteiger partial charge >= 0.3 is 0 Å². The zero-order valence-electron chi connectivity index (χ0n) is 12.4. The van der Waals surface area contributed by atoms with E-state index in [4.69, 9.17) is 5.73 Å². The summed E-state index contributed by atoms with van der Waals surface area (Å²) in [5.41, 5.74) is 7.13. The lowest BCUT2D eigenvalue weighted by Gasteiger charge is -2.16. The maximum absolute atomic E-state index is 12.4. The van der Waals surface area contributed by atoms with Gasteiger partial charge in [-0.2, -0.15) is 9.90 Å². The van der Waals surface area contributed by atoms with E-state index in [0.29, 0.717) is 18.2 Å². The van der Waals surface area contributed by atoms with Crippen LogP contribution in [0.3, 0.4) is 0 Å². The average Bonchev–Trinajstić information content (AvgIpc) is 3.17. The van der Waals surface area contributed by atoms with Crippen molar-refractivity contribution in [2.75, 3.05) is 13.1 Å². The van der Waals surface area contributed by atoms with Crippen molar-refractivity contribution < 1.29 is 4.79 Å². The molecule has 22 heavy (non-hydrogen) atoms. The number of para-hydroxylation sites is 1. The Balaban J connectivity index is 0.00000176. The molecule has 1 aliphatic rings. The maximum atomic E-state index is 12.4. The second kappa shape index (κ2) is 6.89. The Morgan fingerprint density at radius 1 is 1.36 bits per heavy atom. The molecule has 2 N–H and O–H groups in total. The molecule has 118 valence electrons. The molecule has 3 rings (SSSR count). The number of likely N-dealkylation sites (tertiary alicyclic amines) is 1. The first kappa shape index (κ1) is 16.5. The number of aromatic nitrogens is 3. The van der Waals surface area contributed by atoms with Gasteiger partial charge in [-0.25, -0.2) is 0 Å². The molecule has 2 atom stereocenters. The van der Waals surface area contributed by atoms with Gasteiger partial charge in [0.25, 0.3) is 5.91 Å². The molecule has 1 fully saturated rings. The van der Waals surface area contributed by atoms with E-state index in [-0.39, 0.29) is 24.4 Å². The summed E-state index contributed by atoms with van der Waals surface area (Å²) in [4.78, 5) is 15.7. The third kappa shape index (κ3) is 3.28. The molecule has 0 radical (unpaired) electrons. The third-order valence-electron chi connectivity index (χ3n) is 3.95. The molecule has 1 aromatic heterocycles. The fourth-order valence-corrected chi connectivity index (χ4v) is 2.61. The Morgan fingerprint density at radius 2 is 2.09 bits per heavy atom. The SMILES string of the molecule is CC(N)C1CCN(C(=O)c2cnn(-c3ccccc3)n2)C1.Cl. The first-order valence-corrected chi connectivity index (χ1v) is 7.18. The zero-order valence-corrected chi connectivity index (χ0v) is 13.2. The summed E-state index contributed by atoms with van der Waals surface area (Å²) in [7, 11) is 0. The van der Waals surface area contributed by atoms with Gasteiger partial charge in [-0.15, -0.1) is 17.5 Å². The lowest BCUT2D eigenvalue weighted by molar-refractivity contribution is 0.0779. The van der Waals surface area contributed by atoms with Crippen molar-refractivity contribution in [3.8, 4) is 5.69 Å². The number of hydrogen-bond donors (Lipinski definition) is 1. The van der Waals surface area contributed by atoms with Gasteiger partial charge in [0, 0.05) is 19.1 Å². The molecule has 0 bridgehead atoms. The molecule has 2 aromatic rings. The lowest BCUT2D eigenvalue weighted by atomic mass is 10.0. The van der Waals surface area contributed by atoms with Crippen LogP contribution in [-0.2, 0) is 0 Å². The smallest absolute Gasteiger partial charge is 0.276 e. The van der Waals surface area contributed by atoms with E-state index < -0.39 is 0 Å². The summed E-state index contributed by atoms with van der Waals surface area (Å²) in [5, 5.41) is 8.44. The van der Waals surface area contributed by atoms with E-state index in [1.807, 2.05) is 42.2 Å². The molecule has 0 aliphatic carbocycles. The number of rotatable bonds is 3. The zero-order chi connectivity index (χ0) is 14.8. The van der Waals surface area contributed by atoms with E-state index in [2.05, 4.69) is 10.2 Å². The first-order valence-electron chi connectivity index (χ1n) is 7.18. The van der Waals surface area contributed by atoms with Crippen LogP contribution in [0.1, 0.15) is 23.8 Å². The fourth-order valence-electron chi connectivity index (χ4n) is 2.61. The molecule has 2 unspecified atom stereocenters. The molecule has 1 aromatic carbocycles. The highest BCUT2D eigenvalue weighted by Gasteiger charge is 2.30. The minimum Gasteiger partial charge on any atom is -0.337 e. The third-order valence-corrected chi connectivity index (χ3v) is 3.95. The van der Waals surface area contributed by atoms with Crippen LogP contribution in [0.15, 0.2) is 36.5 Å². The van der Waals surface area contributed by atoms with Gasteiger partial charge < -0.3 is 10.6 Å². The number of benzene rings is 1. The van der Waals surface area contributed by atoms with Gasteiger partial charge in [-0.1, -0.05) is 18.2 Å². The second-order valence-electron chi connectivity index (χ2n) is 5.51. The van der Waals surface area contributed by atoms with Gasteiger partial charge in [0.1, 0.15) is 0 Å². The highest BCUT2D eigenvalue weighted by atomic mass is 35.5. The topological polar surface area (TPSA) is 77.0 Å². The Hall–Kier alpha value is -1.92. The van der Waals surface area contributed by atoms with E-state index in [1.165, 1.54) is 11.0 Å². The van der Waals surface area contributed by atoms with Crippen LogP contribution in [-0.4, -0.2) is 44.9 Å². The predicted octanol–water partition coefficient (Wildman–Crippen LogP) is 1.50. The molecular weight excluding hydrogens is 302 g/mol. The van der Waals surface area contributed by atoms with E-state index in [1.54, 1.807) is 0 Å². The highest BCUT2D eigenvalue weighted by molar-refractivity contribution is 5.92. The fraction of sp³-hybridized carbons (Fsp3) is 0.400. The van der Waals surface area contributed by atoms with E-state index >= 15 is 0 Å². The van der Waals surface area contributed by atoms with Crippen LogP contribution in [0.4, 0.5) is 0 Å². The van der Waals surface area contributed by atoms with Gasteiger partial charge in [-0.3, -0.25) is 4.79 Å². The van der Waals surface area contributed by atoms with Gasteiger partial charge in [0.15, 0.2) is 5.69 Å². The molecule has 1 amide bonds. The number of carbonyl (C=O) groups is 1. The number of carbonyl (C=O) groups excluding carboxylic acids is 1.